The summed E-state index contributed by atoms with van der Waals surface area (Å²) in [5.41, 5.74) is 11.9. The first kappa shape index (κ1) is 31.0. The van der Waals surface area contributed by atoms with Crippen molar-refractivity contribution in [1.82, 2.24) is 9.13 Å². The molecule has 0 amide bonds. The summed E-state index contributed by atoms with van der Waals surface area (Å²) in [7, 11) is 0. The third kappa shape index (κ3) is 4.38. The fraction of sp³-hybridized carbons (Fsp3) is 0. The van der Waals surface area contributed by atoms with Gasteiger partial charge in [0.2, 0.25) is 0 Å². The molecule has 0 N–H and O–H groups in total. The first-order valence-corrected chi connectivity index (χ1v) is 19.4. The molecule has 10 aromatic carbocycles. The van der Waals surface area contributed by atoms with E-state index in [2.05, 4.69) is 215 Å². The van der Waals surface area contributed by atoms with Crippen molar-refractivity contribution in [3.05, 3.63) is 206 Å². The summed E-state index contributed by atoms with van der Waals surface area (Å²) < 4.78 is 5.05. The molecule has 0 fully saturated rings. The Balaban J connectivity index is 1.31. The third-order valence-electron chi connectivity index (χ3n) is 11.8. The largest absolute Gasteiger partial charge is 0.307 e. The molecule has 0 spiro atoms. The Hall–Kier alpha value is -7.42. The SMILES string of the molecule is c1ccc(-c2cccc(-c3cccc(-n4c5ccccc5c5c6c7ccccc7c7ccccc7c6c6c7ccccc7n(-c7ccccc7)c6c54)c3)c2)cc1. The lowest BCUT2D eigenvalue weighted by Gasteiger charge is -2.17. The van der Waals surface area contributed by atoms with Gasteiger partial charge in [-0.15, -0.1) is 0 Å². The number of fused-ring (bicyclic) bond motifs is 15. The number of para-hydroxylation sites is 3. The summed E-state index contributed by atoms with van der Waals surface area (Å²) in [4.78, 5) is 0. The van der Waals surface area contributed by atoms with Gasteiger partial charge < -0.3 is 9.13 Å². The Morgan fingerprint density at radius 3 is 1.18 bits per heavy atom. The molecule has 0 aliphatic carbocycles. The molecule has 0 bridgehead atoms. The molecule has 0 aliphatic rings. The molecular formula is C54H34N2. The molecule has 0 saturated heterocycles. The maximum atomic E-state index is 2.54. The quantitative estimate of drug-likeness (QED) is 0.161. The second-order valence-corrected chi connectivity index (χ2v) is 14.8. The van der Waals surface area contributed by atoms with E-state index in [-0.39, 0.29) is 0 Å². The van der Waals surface area contributed by atoms with Crippen molar-refractivity contribution in [3.63, 3.8) is 0 Å². The zero-order valence-corrected chi connectivity index (χ0v) is 30.5. The molecule has 0 radical (unpaired) electrons. The first-order chi connectivity index (χ1) is 27.8. The van der Waals surface area contributed by atoms with Crippen LogP contribution in [0.2, 0.25) is 0 Å². The molecule has 2 aromatic heterocycles. The lowest BCUT2D eigenvalue weighted by molar-refractivity contribution is 1.15. The highest BCUT2D eigenvalue weighted by Gasteiger charge is 2.27. The number of hydrogen-bond acceptors (Lipinski definition) is 0. The van der Waals surface area contributed by atoms with Crippen LogP contribution in [-0.4, -0.2) is 9.13 Å². The summed E-state index contributed by atoms with van der Waals surface area (Å²) in [6.45, 7) is 0. The molecule has 12 aromatic rings. The molecule has 0 atom stereocenters. The zero-order chi connectivity index (χ0) is 36.7. The predicted molar refractivity (Wildman–Crippen MR) is 239 cm³/mol. The van der Waals surface area contributed by atoms with Crippen molar-refractivity contribution in [2.45, 2.75) is 0 Å². The molecule has 260 valence electrons. The fourth-order valence-electron chi connectivity index (χ4n) is 9.54. The average Bonchev–Trinajstić information content (AvgIpc) is 3.81. The van der Waals surface area contributed by atoms with E-state index in [0.717, 1.165) is 11.4 Å². The van der Waals surface area contributed by atoms with Gasteiger partial charge in [0, 0.05) is 43.7 Å². The summed E-state index contributed by atoms with van der Waals surface area (Å²) >= 11 is 0. The fourth-order valence-corrected chi connectivity index (χ4v) is 9.54. The van der Waals surface area contributed by atoms with Gasteiger partial charge in [0.1, 0.15) is 0 Å². The van der Waals surface area contributed by atoms with Gasteiger partial charge in [-0.1, -0.05) is 164 Å². The van der Waals surface area contributed by atoms with Gasteiger partial charge in [-0.25, -0.2) is 0 Å². The highest BCUT2D eigenvalue weighted by molar-refractivity contribution is 6.45. The Bertz CT molecular complexity index is 3510. The molecule has 12 rings (SSSR count). The van der Waals surface area contributed by atoms with Crippen LogP contribution in [0.4, 0.5) is 0 Å². The van der Waals surface area contributed by atoms with Gasteiger partial charge in [0.15, 0.2) is 0 Å². The third-order valence-corrected chi connectivity index (χ3v) is 11.8. The topological polar surface area (TPSA) is 9.86 Å². The lowest BCUT2D eigenvalue weighted by atomic mass is 9.89. The molecule has 0 unspecified atom stereocenters. The van der Waals surface area contributed by atoms with Gasteiger partial charge in [-0.05, 0) is 86.3 Å². The summed E-state index contributed by atoms with van der Waals surface area (Å²) in [6.07, 6.45) is 0. The Labute approximate surface area is 323 Å². The zero-order valence-electron chi connectivity index (χ0n) is 30.5. The number of benzene rings is 10. The van der Waals surface area contributed by atoms with E-state index in [4.69, 9.17) is 0 Å². The van der Waals surface area contributed by atoms with Crippen LogP contribution in [0, 0.1) is 0 Å². The van der Waals surface area contributed by atoms with Crippen LogP contribution in [0.25, 0.3) is 110 Å². The summed E-state index contributed by atoms with van der Waals surface area (Å²) in [5, 5.41) is 12.8. The Morgan fingerprint density at radius 2 is 0.607 bits per heavy atom. The number of rotatable bonds is 4. The number of aromatic nitrogens is 2. The first-order valence-electron chi connectivity index (χ1n) is 19.4. The van der Waals surface area contributed by atoms with Gasteiger partial charge >= 0.3 is 0 Å². The Morgan fingerprint density at radius 1 is 0.232 bits per heavy atom. The molecule has 56 heavy (non-hydrogen) atoms. The molecule has 2 nitrogen and oxygen atoms in total. The minimum atomic E-state index is 1.13. The lowest BCUT2D eigenvalue weighted by Crippen LogP contribution is -1.99. The second-order valence-electron chi connectivity index (χ2n) is 14.8. The van der Waals surface area contributed by atoms with Crippen molar-refractivity contribution >= 4 is 75.9 Å². The Kier molecular flexibility index (Phi) is 6.66. The van der Waals surface area contributed by atoms with Crippen LogP contribution >= 0.6 is 0 Å². The minimum Gasteiger partial charge on any atom is -0.307 e. The standard InChI is InChI=1S/C54H34N2/c1-3-17-35(18-4-1)36-19-15-20-37(33-36)38-21-16-24-40(34-38)56-48-32-14-12-30-46(48)52-50-44-28-10-8-26-42(44)41-25-7-9-27-43(41)49(50)51-45-29-11-13-31-47(45)55(53(51)54(52)56)39-22-5-2-6-23-39/h1-34H. The second kappa shape index (κ2) is 12.0. The van der Waals surface area contributed by atoms with E-state index in [1.165, 1.54) is 98.2 Å². The average molecular weight is 711 g/mol. The van der Waals surface area contributed by atoms with E-state index < -0.39 is 0 Å². The van der Waals surface area contributed by atoms with Crippen LogP contribution in [0.1, 0.15) is 0 Å². The molecule has 0 aliphatic heterocycles. The molecular weight excluding hydrogens is 677 g/mol. The normalized spacial score (nSPS) is 11.9. The number of nitrogens with zero attached hydrogens (tertiary/aromatic N) is 2. The van der Waals surface area contributed by atoms with E-state index in [1.54, 1.807) is 0 Å². The van der Waals surface area contributed by atoms with Crippen molar-refractivity contribution in [3.8, 4) is 33.6 Å². The van der Waals surface area contributed by atoms with Crippen molar-refractivity contribution in [2.24, 2.45) is 0 Å². The number of hydrogen-bond donors (Lipinski definition) is 0. The molecule has 0 saturated carbocycles. The van der Waals surface area contributed by atoms with Gasteiger partial charge in [-0.2, -0.15) is 0 Å². The maximum Gasteiger partial charge on any atom is 0.0795 e. The van der Waals surface area contributed by atoms with Crippen LogP contribution in [-0.2, 0) is 0 Å². The van der Waals surface area contributed by atoms with Crippen LogP contribution < -0.4 is 0 Å². The molecule has 2 heterocycles. The summed E-state index contributed by atoms with van der Waals surface area (Å²) in [5.74, 6) is 0. The van der Waals surface area contributed by atoms with Crippen LogP contribution in [0.3, 0.4) is 0 Å². The van der Waals surface area contributed by atoms with Crippen LogP contribution in [0.5, 0.6) is 0 Å². The van der Waals surface area contributed by atoms with Crippen molar-refractivity contribution in [1.29, 1.82) is 0 Å². The monoisotopic (exact) mass is 710 g/mol. The van der Waals surface area contributed by atoms with Gasteiger partial charge in [0.25, 0.3) is 0 Å². The maximum absolute atomic E-state index is 2.54. The van der Waals surface area contributed by atoms with Crippen molar-refractivity contribution in [2.75, 3.05) is 0 Å². The van der Waals surface area contributed by atoms with E-state index in [1.807, 2.05) is 0 Å². The van der Waals surface area contributed by atoms with Gasteiger partial charge in [0.05, 0.1) is 22.1 Å². The minimum absolute atomic E-state index is 1.13. The highest BCUT2D eigenvalue weighted by Crippen LogP contribution is 2.51. The van der Waals surface area contributed by atoms with E-state index in [0.29, 0.717) is 0 Å². The van der Waals surface area contributed by atoms with Crippen LogP contribution in [0.15, 0.2) is 206 Å². The smallest absolute Gasteiger partial charge is 0.0795 e. The highest BCUT2D eigenvalue weighted by atomic mass is 15.0. The predicted octanol–water partition coefficient (Wildman–Crippen LogP) is 14.7. The van der Waals surface area contributed by atoms with Gasteiger partial charge in [-0.3, -0.25) is 0 Å². The summed E-state index contributed by atoms with van der Waals surface area (Å²) in [6, 6.07) is 75.6. The van der Waals surface area contributed by atoms with E-state index >= 15 is 0 Å². The van der Waals surface area contributed by atoms with E-state index in [9.17, 15) is 0 Å². The van der Waals surface area contributed by atoms with Crippen molar-refractivity contribution < 1.29 is 0 Å². The molecule has 2 heteroatoms.